The van der Waals surface area contributed by atoms with E-state index in [1.165, 1.54) is 6.07 Å². The Kier molecular flexibility index (Phi) is 6.91. The summed E-state index contributed by atoms with van der Waals surface area (Å²) in [5.41, 5.74) is 2.62. The van der Waals surface area contributed by atoms with Crippen LogP contribution in [0.5, 0.6) is 5.75 Å². The number of rotatable bonds is 7. The summed E-state index contributed by atoms with van der Waals surface area (Å²) in [6.45, 7) is -2.05. The van der Waals surface area contributed by atoms with Gasteiger partial charge in [0, 0.05) is 30.1 Å². The first-order valence-electron chi connectivity index (χ1n) is 8.63. The molecule has 0 unspecified atom stereocenters. The van der Waals surface area contributed by atoms with Crippen LogP contribution >= 0.6 is 11.3 Å². The molecule has 0 aliphatic rings. The number of hydrogen-bond acceptors (Lipinski definition) is 4. The van der Waals surface area contributed by atoms with Gasteiger partial charge in [0.15, 0.2) is 5.96 Å². The Balaban J connectivity index is 1.55. The van der Waals surface area contributed by atoms with Crippen LogP contribution in [0.3, 0.4) is 0 Å². The Morgan fingerprint density at radius 2 is 1.79 bits per heavy atom. The fourth-order valence-electron chi connectivity index (χ4n) is 2.55. The summed E-state index contributed by atoms with van der Waals surface area (Å²) in [5, 5.41) is 9.21. The Morgan fingerprint density at radius 1 is 1.07 bits per heavy atom. The summed E-state index contributed by atoms with van der Waals surface area (Å²) >= 11 is 1.56. The molecule has 1 aromatic heterocycles. The van der Waals surface area contributed by atoms with Crippen LogP contribution in [0.2, 0.25) is 0 Å². The summed E-state index contributed by atoms with van der Waals surface area (Å²) in [6, 6.07) is 16.6. The van der Waals surface area contributed by atoms with Gasteiger partial charge < -0.3 is 15.4 Å². The molecular formula is C20H20F2N4OS. The standard InChI is InChI=1S/C20H20F2N4OS/c1-23-20(24-11-15-9-5-6-10-17(15)27-19(21)22)25-12-18-26-16(13-28-18)14-7-3-2-4-8-14/h2-10,13,19H,11-12H2,1H3,(H2,23,24,25). The van der Waals surface area contributed by atoms with Crippen molar-refractivity contribution >= 4 is 17.3 Å². The fourth-order valence-corrected chi connectivity index (χ4v) is 3.30. The van der Waals surface area contributed by atoms with E-state index in [-0.39, 0.29) is 5.75 Å². The van der Waals surface area contributed by atoms with Crippen LogP contribution in [-0.2, 0) is 13.1 Å². The molecule has 0 aliphatic heterocycles. The van der Waals surface area contributed by atoms with Gasteiger partial charge in [0.2, 0.25) is 0 Å². The van der Waals surface area contributed by atoms with Crippen LogP contribution in [0, 0.1) is 0 Å². The van der Waals surface area contributed by atoms with Crippen molar-refractivity contribution in [1.82, 2.24) is 15.6 Å². The third kappa shape index (κ3) is 5.50. The molecule has 0 fully saturated rings. The van der Waals surface area contributed by atoms with Gasteiger partial charge >= 0.3 is 6.61 Å². The zero-order valence-corrected chi connectivity index (χ0v) is 16.0. The lowest BCUT2D eigenvalue weighted by Gasteiger charge is -2.14. The molecule has 0 saturated carbocycles. The maximum Gasteiger partial charge on any atom is 0.387 e. The van der Waals surface area contributed by atoms with E-state index in [2.05, 4.69) is 25.3 Å². The average Bonchev–Trinajstić information content (AvgIpc) is 3.18. The van der Waals surface area contributed by atoms with Gasteiger partial charge in [-0.25, -0.2) is 4.98 Å². The molecule has 28 heavy (non-hydrogen) atoms. The van der Waals surface area contributed by atoms with Crippen molar-refractivity contribution in [1.29, 1.82) is 0 Å². The topological polar surface area (TPSA) is 58.5 Å². The Morgan fingerprint density at radius 3 is 2.54 bits per heavy atom. The van der Waals surface area contributed by atoms with Gasteiger partial charge in [0.05, 0.1) is 12.2 Å². The van der Waals surface area contributed by atoms with Crippen LogP contribution < -0.4 is 15.4 Å². The second-order valence-corrected chi connectivity index (χ2v) is 6.70. The number of guanidine groups is 1. The largest absolute Gasteiger partial charge is 0.434 e. The van der Waals surface area contributed by atoms with Crippen LogP contribution in [-0.4, -0.2) is 24.6 Å². The van der Waals surface area contributed by atoms with Crippen molar-refractivity contribution < 1.29 is 13.5 Å². The molecule has 5 nitrogen and oxygen atoms in total. The summed E-state index contributed by atoms with van der Waals surface area (Å²) in [6.07, 6.45) is 0. The maximum atomic E-state index is 12.5. The van der Waals surface area contributed by atoms with Gasteiger partial charge in [-0.3, -0.25) is 4.99 Å². The quantitative estimate of drug-likeness (QED) is 0.458. The van der Waals surface area contributed by atoms with Crippen molar-refractivity contribution in [2.45, 2.75) is 19.7 Å². The van der Waals surface area contributed by atoms with Crippen LogP contribution in [0.4, 0.5) is 8.78 Å². The minimum Gasteiger partial charge on any atom is -0.434 e. The van der Waals surface area contributed by atoms with Crippen molar-refractivity contribution in [2.24, 2.45) is 4.99 Å². The summed E-state index contributed by atoms with van der Waals surface area (Å²) < 4.78 is 29.6. The van der Waals surface area contributed by atoms with Crippen molar-refractivity contribution in [3.8, 4) is 17.0 Å². The van der Waals surface area contributed by atoms with E-state index in [1.54, 1.807) is 36.6 Å². The molecule has 146 valence electrons. The number of benzene rings is 2. The molecule has 0 saturated heterocycles. The smallest absolute Gasteiger partial charge is 0.387 e. The highest BCUT2D eigenvalue weighted by molar-refractivity contribution is 7.09. The molecule has 0 spiro atoms. The SMILES string of the molecule is CN=C(NCc1nc(-c2ccccc2)cs1)NCc1ccccc1OC(F)F. The molecule has 0 radical (unpaired) electrons. The summed E-state index contributed by atoms with van der Waals surface area (Å²) in [4.78, 5) is 8.78. The van der Waals surface area contributed by atoms with E-state index in [0.29, 0.717) is 24.6 Å². The molecule has 3 aromatic rings. The van der Waals surface area contributed by atoms with Gasteiger partial charge in [-0.2, -0.15) is 8.78 Å². The number of para-hydroxylation sites is 1. The average molecular weight is 402 g/mol. The third-order valence-electron chi connectivity index (χ3n) is 3.89. The summed E-state index contributed by atoms with van der Waals surface area (Å²) in [5.74, 6) is 0.691. The molecule has 2 N–H and O–H groups in total. The Hall–Kier alpha value is -3.00. The molecule has 1 heterocycles. The van der Waals surface area contributed by atoms with Crippen molar-refractivity contribution in [3.05, 3.63) is 70.5 Å². The van der Waals surface area contributed by atoms with E-state index in [0.717, 1.165) is 16.3 Å². The number of thiazole rings is 1. The number of halogens is 2. The summed E-state index contributed by atoms with van der Waals surface area (Å²) in [7, 11) is 1.65. The predicted molar refractivity (Wildman–Crippen MR) is 108 cm³/mol. The Labute approximate surface area is 166 Å². The lowest BCUT2D eigenvalue weighted by molar-refractivity contribution is -0.0504. The van der Waals surface area contributed by atoms with Gasteiger partial charge in [-0.05, 0) is 6.07 Å². The predicted octanol–water partition coefficient (Wildman–Crippen LogP) is 4.28. The molecule has 8 heteroatoms. The van der Waals surface area contributed by atoms with Gasteiger partial charge in [-0.1, -0.05) is 48.5 Å². The number of nitrogens with zero attached hydrogens (tertiary/aromatic N) is 2. The highest BCUT2D eigenvalue weighted by Gasteiger charge is 2.10. The minimum absolute atomic E-state index is 0.146. The highest BCUT2D eigenvalue weighted by Crippen LogP contribution is 2.22. The van der Waals surface area contributed by atoms with Gasteiger partial charge in [-0.15, -0.1) is 11.3 Å². The molecular weight excluding hydrogens is 382 g/mol. The van der Waals surface area contributed by atoms with E-state index < -0.39 is 6.61 Å². The normalized spacial score (nSPS) is 11.5. The lowest BCUT2D eigenvalue weighted by Crippen LogP contribution is -2.36. The molecule has 0 aliphatic carbocycles. The van der Waals surface area contributed by atoms with Crippen LogP contribution in [0.15, 0.2) is 65.0 Å². The van der Waals surface area contributed by atoms with Crippen LogP contribution in [0.25, 0.3) is 11.3 Å². The second-order valence-electron chi connectivity index (χ2n) is 5.76. The maximum absolute atomic E-state index is 12.5. The molecule has 0 bridgehead atoms. The number of hydrogen-bond donors (Lipinski definition) is 2. The Bertz CT molecular complexity index is 915. The van der Waals surface area contributed by atoms with Gasteiger partial charge in [0.1, 0.15) is 10.8 Å². The van der Waals surface area contributed by atoms with Crippen molar-refractivity contribution in [2.75, 3.05) is 7.05 Å². The first-order valence-corrected chi connectivity index (χ1v) is 9.50. The first-order chi connectivity index (χ1) is 13.7. The monoisotopic (exact) mass is 402 g/mol. The fraction of sp³-hybridized carbons (Fsp3) is 0.200. The number of ether oxygens (including phenoxy) is 1. The third-order valence-corrected chi connectivity index (χ3v) is 4.74. The van der Waals surface area contributed by atoms with E-state index >= 15 is 0 Å². The zero-order valence-electron chi connectivity index (χ0n) is 15.2. The molecule has 0 amide bonds. The number of alkyl halides is 2. The second kappa shape index (κ2) is 9.80. The van der Waals surface area contributed by atoms with E-state index in [1.807, 2.05) is 35.7 Å². The molecule has 0 atom stereocenters. The lowest BCUT2D eigenvalue weighted by atomic mass is 10.2. The van der Waals surface area contributed by atoms with E-state index in [4.69, 9.17) is 0 Å². The number of nitrogens with one attached hydrogen (secondary N) is 2. The minimum atomic E-state index is -2.86. The van der Waals surface area contributed by atoms with Crippen LogP contribution in [0.1, 0.15) is 10.6 Å². The molecule has 3 rings (SSSR count). The van der Waals surface area contributed by atoms with E-state index in [9.17, 15) is 8.78 Å². The highest BCUT2D eigenvalue weighted by atomic mass is 32.1. The first kappa shape index (κ1) is 19.8. The zero-order chi connectivity index (χ0) is 19.8. The number of aliphatic imine (C=N–C) groups is 1. The van der Waals surface area contributed by atoms with Gasteiger partial charge in [0.25, 0.3) is 0 Å². The van der Waals surface area contributed by atoms with Crippen molar-refractivity contribution in [3.63, 3.8) is 0 Å². The molecule has 2 aromatic carbocycles. The number of aromatic nitrogens is 1.